The zero-order valence-corrected chi connectivity index (χ0v) is 9.36. The van der Waals surface area contributed by atoms with Gasteiger partial charge in [0.1, 0.15) is 15.8 Å². The fourth-order valence-corrected chi connectivity index (χ4v) is 1.79. The van der Waals surface area contributed by atoms with Gasteiger partial charge in [0.2, 0.25) is 0 Å². The first-order chi connectivity index (χ1) is 6.36. The van der Waals surface area contributed by atoms with E-state index in [1.807, 2.05) is 6.07 Å². The van der Waals surface area contributed by atoms with Crippen LogP contribution < -0.4 is 10.2 Å². The van der Waals surface area contributed by atoms with Gasteiger partial charge in [0.15, 0.2) is 0 Å². The molecule has 4 nitrogen and oxygen atoms in total. The van der Waals surface area contributed by atoms with Gasteiger partial charge in [0, 0.05) is 32.2 Å². The van der Waals surface area contributed by atoms with Crippen molar-refractivity contribution in [3.05, 3.63) is 16.1 Å². The molecule has 1 aliphatic rings. The largest absolute Gasteiger partial charge is 0.354 e. The monoisotopic (exact) mass is 290 g/mol. The van der Waals surface area contributed by atoms with Gasteiger partial charge in [-0.3, -0.25) is 0 Å². The van der Waals surface area contributed by atoms with E-state index in [2.05, 4.69) is 42.8 Å². The van der Waals surface area contributed by atoms with Crippen LogP contribution in [0.2, 0.25) is 0 Å². The highest BCUT2D eigenvalue weighted by Crippen LogP contribution is 2.12. The number of rotatable bonds is 1. The molecule has 2 rings (SSSR count). The molecule has 0 amide bonds. The number of hydrogen-bond donors (Lipinski definition) is 1. The van der Waals surface area contributed by atoms with Crippen LogP contribution in [0.1, 0.15) is 0 Å². The summed E-state index contributed by atoms with van der Waals surface area (Å²) >= 11 is 2.21. The van der Waals surface area contributed by atoms with E-state index < -0.39 is 0 Å². The first kappa shape index (κ1) is 9.14. The van der Waals surface area contributed by atoms with Gasteiger partial charge in [-0.15, -0.1) is 0 Å². The molecule has 1 fully saturated rings. The van der Waals surface area contributed by atoms with Crippen LogP contribution in [0.3, 0.4) is 0 Å². The van der Waals surface area contributed by atoms with Crippen molar-refractivity contribution >= 4 is 28.4 Å². The molecular formula is C8H11IN4. The minimum atomic E-state index is 1.00. The zero-order chi connectivity index (χ0) is 9.10. The third kappa shape index (κ3) is 2.28. The molecule has 0 saturated carbocycles. The summed E-state index contributed by atoms with van der Waals surface area (Å²) in [4.78, 5) is 10.6. The van der Waals surface area contributed by atoms with E-state index in [1.165, 1.54) is 0 Å². The lowest BCUT2D eigenvalue weighted by atomic mass is 10.3. The molecule has 1 aromatic rings. The molecule has 0 aliphatic carbocycles. The Kier molecular flexibility index (Phi) is 2.94. The molecule has 0 bridgehead atoms. The number of halogens is 1. The van der Waals surface area contributed by atoms with Crippen LogP contribution in [-0.4, -0.2) is 36.1 Å². The van der Waals surface area contributed by atoms with Crippen molar-refractivity contribution in [2.45, 2.75) is 0 Å². The Hall–Kier alpha value is -0.430. The van der Waals surface area contributed by atoms with Gasteiger partial charge >= 0.3 is 0 Å². The molecule has 1 saturated heterocycles. The Morgan fingerprint density at radius 2 is 2.08 bits per heavy atom. The number of piperazine rings is 1. The van der Waals surface area contributed by atoms with Crippen LogP contribution in [0.5, 0.6) is 0 Å². The summed E-state index contributed by atoms with van der Waals surface area (Å²) in [5.41, 5.74) is 0. The lowest BCUT2D eigenvalue weighted by Gasteiger charge is -2.28. The molecule has 0 unspecified atom stereocenters. The maximum Gasteiger partial charge on any atom is 0.133 e. The second-order valence-corrected chi connectivity index (χ2v) is 4.04. The van der Waals surface area contributed by atoms with Gasteiger partial charge in [-0.05, 0) is 22.6 Å². The van der Waals surface area contributed by atoms with Crippen LogP contribution >= 0.6 is 22.6 Å². The minimum absolute atomic E-state index is 1.00. The van der Waals surface area contributed by atoms with Crippen molar-refractivity contribution in [3.8, 4) is 0 Å². The number of anilines is 1. The molecule has 5 heteroatoms. The van der Waals surface area contributed by atoms with Crippen molar-refractivity contribution in [1.82, 2.24) is 15.3 Å². The quantitative estimate of drug-likeness (QED) is 0.604. The van der Waals surface area contributed by atoms with Gasteiger partial charge in [-0.2, -0.15) is 0 Å². The van der Waals surface area contributed by atoms with E-state index in [9.17, 15) is 0 Å². The van der Waals surface area contributed by atoms with E-state index >= 15 is 0 Å². The zero-order valence-electron chi connectivity index (χ0n) is 7.20. The van der Waals surface area contributed by atoms with Crippen LogP contribution in [-0.2, 0) is 0 Å². The van der Waals surface area contributed by atoms with Gasteiger partial charge in [-0.25, -0.2) is 9.97 Å². The summed E-state index contributed by atoms with van der Waals surface area (Å²) in [7, 11) is 0. The van der Waals surface area contributed by atoms with Crippen molar-refractivity contribution in [3.63, 3.8) is 0 Å². The van der Waals surface area contributed by atoms with Gasteiger partial charge < -0.3 is 10.2 Å². The van der Waals surface area contributed by atoms with Crippen LogP contribution in [0, 0.1) is 3.70 Å². The van der Waals surface area contributed by atoms with Gasteiger partial charge in [0.05, 0.1) is 0 Å². The molecule has 1 N–H and O–H groups in total. The number of hydrogen-bond acceptors (Lipinski definition) is 4. The number of aromatic nitrogens is 2. The van der Waals surface area contributed by atoms with Crippen LogP contribution in [0.25, 0.3) is 0 Å². The first-order valence-corrected chi connectivity index (χ1v) is 5.37. The Morgan fingerprint density at radius 1 is 1.31 bits per heavy atom. The van der Waals surface area contributed by atoms with Gasteiger partial charge in [0.25, 0.3) is 0 Å². The fourth-order valence-electron chi connectivity index (χ4n) is 1.39. The summed E-state index contributed by atoms with van der Waals surface area (Å²) in [5.74, 6) is 1.04. The highest BCUT2D eigenvalue weighted by molar-refractivity contribution is 14.1. The Bertz CT molecular complexity index is 285. The van der Waals surface area contributed by atoms with E-state index in [4.69, 9.17) is 0 Å². The molecule has 0 atom stereocenters. The third-order valence-electron chi connectivity index (χ3n) is 2.06. The second kappa shape index (κ2) is 4.19. The lowest BCUT2D eigenvalue weighted by molar-refractivity contribution is 0.584. The second-order valence-electron chi connectivity index (χ2n) is 2.94. The average molecular weight is 290 g/mol. The summed E-state index contributed by atoms with van der Waals surface area (Å²) in [6.45, 7) is 4.15. The van der Waals surface area contributed by atoms with Crippen LogP contribution in [0.15, 0.2) is 12.4 Å². The third-order valence-corrected chi connectivity index (χ3v) is 2.65. The first-order valence-electron chi connectivity index (χ1n) is 4.29. The van der Waals surface area contributed by atoms with Crippen molar-refractivity contribution in [2.75, 3.05) is 31.1 Å². The highest BCUT2D eigenvalue weighted by atomic mass is 127. The molecule has 0 radical (unpaired) electrons. The van der Waals surface area contributed by atoms with E-state index in [-0.39, 0.29) is 0 Å². The minimum Gasteiger partial charge on any atom is -0.354 e. The summed E-state index contributed by atoms with van der Waals surface area (Å²) in [6, 6.07) is 2.02. The summed E-state index contributed by atoms with van der Waals surface area (Å²) in [6.07, 6.45) is 1.62. The number of nitrogens with zero attached hydrogens (tertiary/aromatic N) is 3. The predicted molar refractivity (Wildman–Crippen MR) is 59.8 cm³/mol. The highest BCUT2D eigenvalue weighted by Gasteiger charge is 2.11. The standard InChI is InChI=1S/C8H11IN4/c9-7-5-8(12-6-11-7)13-3-1-10-2-4-13/h5-6,10H,1-4H2. The molecule has 0 spiro atoms. The maximum atomic E-state index is 4.25. The van der Waals surface area contributed by atoms with E-state index in [1.54, 1.807) is 6.33 Å². The topological polar surface area (TPSA) is 41.0 Å². The average Bonchev–Trinajstić information content (AvgIpc) is 2.19. The number of nitrogens with one attached hydrogen (secondary N) is 1. The smallest absolute Gasteiger partial charge is 0.133 e. The molecule has 0 aromatic carbocycles. The molecule has 70 valence electrons. The Morgan fingerprint density at radius 3 is 2.77 bits per heavy atom. The Labute approximate surface area is 90.9 Å². The van der Waals surface area contributed by atoms with Crippen molar-refractivity contribution in [1.29, 1.82) is 0 Å². The summed E-state index contributed by atoms with van der Waals surface area (Å²) in [5, 5.41) is 3.31. The molecular weight excluding hydrogens is 279 g/mol. The lowest BCUT2D eigenvalue weighted by Crippen LogP contribution is -2.43. The normalized spacial score (nSPS) is 17.5. The SMILES string of the molecule is Ic1cc(N2CCNCC2)ncn1. The fraction of sp³-hybridized carbons (Fsp3) is 0.500. The van der Waals surface area contributed by atoms with Gasteiger partial charge in [-0.1, -0.05) is 0 Å². The summed E-state index contributed by atoms with van der Waals surface area (Å²) < 4.78 is 1.00. The predicted octanol–water partition coefficient (Wildman–Crippen LogP) is 0.491. The van der Waals surface area contributed by atoms with E-state index in [0.717, 1.165) is 35.7 Å². The van der Waals surface area contributed by atoms with Crippen molar-refractivity contribution < 1.29 is 0 Å². The maximum absolute atomic E-state index is 4.25. The van der Waals surface area contributed by atoms with Crippen molar-refractivity contribution in [2.24, 2.45) is 0 Å². The van der Waals surface area contributed by atoms with E-state index in [0.29, 0.717) is 0 Å². The molecule has 2 heterocycles. The molecule has 13 heavy (non-hydrogen) atoms. The Balaban J connectivity index is 2.14. The molecule has 1 aliphatic heterocycles. The molecule has 1 aromatic heterocycles. The van der Waals surface area contributed by atoms with Crippen LogP contribution in [0.4, 0.5) is 5.82 Å².